The third-order valence-corrected chi connectivity index (χ3v) is 4.75. The maximum Gasteiger partial charge on any atom is 0.336 e. The van der Waals surface area contributed by atoms with Crippen LogP contribution >= 0.6 is 12.2 Å². The van der Waals surface area contributed by atoms with E-state index in [2.05, 4.69) is 0 Å². The summed E-state index contributed by atoms with van der Waals surface area (Å²) in [7, 11) is 0. The van der Waals surface area contributed by atoms with Gasteiger partial charge in [-0.1, -0.05) is 42.0 Å². The second kappa shape index (κ2) is 6.00. The lowest BCUT2D eigenvalue weighted by molar-refractivity contribution is 0.393. The molecule has 0 saturated carbocycles. The summed E-state index contributed by atoms with van der Waals surface area (Å²) in [6.07, 6.45) is 0. The molecule has 0 amide bonds. The van der Waals surface area contributed by atoms with Crippen LogP contribution in [-0.2, 0) is 0 Å². The Morgan fingerprint density at radius 2 is 1.77 bits per heavy atom. The van der Waals surface area contributed by atoms with E-state index in [1.807, 2.05) is 43.3 Å². The smallest absolute Gasteiger partial charge is 0.336 e. The van der Waals surface area contributed by atoms with Crippen LogP contribution in [0.1, 0.15) is 22.6 Å². The zero-order valence-electron chi connectivity index (χ0n) is 14.0. The van der Waals surface area contributed by atoms with Gasteiger partial charge in [-0.2, -0.15) is 0 Å². The lowest BCUT2D eigenvalue weighted by Gasteiger charge is -2.29. The van der Waals surface area contributed by atoms with E-state index in [-0.39, 0.29) is 16.8 Å². The maximum atomic E-state index is 11.8. The molecule has 2 heterocycles. The second-order valence-corrected chi connectivity index (χ2v) is 6.68. The Kier molecular flexibility index (Phi) is 3.77. The van der Waals surface area contributed by atoms with Gasteiger partial charge in [0.05, 0.1) is 11.1 Å². The molecule has 1 atom stereocenters. The molecule has 1 unspecified atom stereocenters. The first-order valence-electron chi connectivity index (χ1n) is 8.06. The summed E-state index contributed by atoms with van der Waals surface area (Å²) in [6, 6.07) is 14.7. The van der Waals surface area contributed by atoms with Crippen molar-refractivity contribution in [1.82, 2.24) is 0 Å². The SMILES string of the molecule is Cc1ccc(C2C(C(N)=S)=C(N)Oc3ccc4ccc(=O)oc4c32)cc1. The number of nitrogens with two attached hydrogens (primary N) is 2. The van der Waals surface area contributed by atoms with Gasteiger partial charge >= 0.3 is 5.63 Å². The fraction of sp³-hybridized carbons (Fsp3) is 0.100. The lowest BCUT2D eigenvalue weighted by atomic mass is 9.82. The minimum atomic E-state index is -0.437. The molecule has 0 spiro atoms. The van der Waals surface area contributed by atoms with Gasteiger partial charge in [0.1, 0.15) is 16.3 Å². The quantitative estimate of drug-likeness (QED) is 0.536. The summed E-state index contributed by atoms with van der Waals surface area (Å²) in [6.45, 7) is 2.01. The van der Waals surface area contributed by atoms with Crippen molar-refractivity contribution in [1.29, 1.82) is 0 Å². The summed E-state index contributed by atoms with van der Waals surface area (Å²) in [5.41, 5.74) is 15.4. The molecule has 1 aliphatic heterocycles. The molecular weight excluding hydrogens is 348 g/mol. The minimum absolute atomic E-state index is 0.147. The zero-order valence-corrected chi connectivity index (χ0v) is 14.8. The highest BCUT2D eigenvalue weighted by Crippen LogP contribution is 2.45. The van der Waals surface area contributed by atoms with E-state index in [1.165, 1.54) is 6.07 Å². The average Bonchev–Trinajstić information content (AvgIpc) is 2.60. The standard InChI is InChI=1S/C20H16N2O3S/c1-10-2-4-11(5-3-10)15-16-13(24-19(21)17(15)20(22)26)8-6-12-7-9-14(23)25-18(12)16/h2-9,15H,21H2,1H3,(H2,22,26). The number of hydrogen-bond donors (Lipinski definition) is 2. The van der Waals surface area contributed by atoms with Gasteiger partial charge in [-0.25, -0.2) is 4.79 Å². The highest BCUT2D eigenvalue weighted by atomic mass is 32.1. The van der Waals surface area contributed by atoms with Crippen LogP contribution in [0.2, 0.25) is 0 Å². The molecule has 1 aliphatic rings. The summed E-state index contributed by atoms with van der Waals surface area (Å²) < 4.78 is 11.3. The third-order valence-electron chi connectivity index (χ3n) is 4.53. The van der Waals surface area contributed by atoms with E-state index in [0.717, 1.165) is 16.5 Å². The van der Waals surface area contributed by atoms with Crippen molar-refractivity contribution in [3.05, 3.63) is 87.1 Å². The average molecular weight is 364 g/mol. The van der Waals surface area contributed by atoms with Crippen LogP contribution < -0.4 is 21.8 Å². The Balaban J connectivity index is 2.09. The monoisotopic (exact) mass is 364 g/mol. The molecule has 0 radical (unpaired) electrons. The van der Waals surface area contributed by atoms with Gasteiger partial charge in [-0.15, -0.1) is 0 Å². The predicted octanol–water partition coefficient (Wildman–Crippen LogP) is 3.08. The topological polar surface area (TPSA) is 91.5 Å². The van der Waals surface area contributed by atoms with Gasteiger partial charge < -0.3 is 20.6 Å². The number of benzene rings is 2. The normalized spacial score (nSPS) is 16.3. The van der Waals surface area contributed by atoms with E-state index >= 15 is 0 Å². The molecule has 0 bridgehead atoms. The minimum Gasteiger partial charge on any atom is -0.441 e. The molecule has 26 heavy (non-hydrogen) atoms. The predicted molar refractivity (Wildman–Crippen MR) is 104 cm³/mol. The first-order valence-corrected chi connectivity index (χ1v) is 8.47. The maximum absolute atomic E-state index is 11.8. The molecule has 0 aliphatic carbocycles. The number of thiocarbonyl (C=S) groups is 1. The zero-order chi connectivity index (χ0) is 18.4. The highest BCUT2D eigenvalue weighted by Gasteiger charge is 2.34. The van der Waals surface area contributed by atoms with Crippen molar-refractivity contribution in [2.75, 3.05) is 0 Å². The van der Waals surface area contributed by atoms with E-state index in [0.29, 0.717) is 22.5 Å². The van der Waals surface area contributed by atoms with Crippen LogP contribution in [0.4, 0.5) is 0 Å². The van der Waals surface area contributed by atoms with Gasteiger partial charge in [-0.05, 0) is 30.7 Å². The van der Waals surface area contributed by atoms with Gasteiger partial charge in [0, 0.05) is 17.4 Å². The van der Waals surface area contributed by atoms with E-state index in [4.69, 9.17) is 32.8 Å². The summed E-state index contributed by atoms with van der Waals surface area (Å²) in [4.78, 5) is 12.0. The molecule has 0 fully saturated rings. The number of ether oxygens (including phenoxy) is 1. The fourth-order valence-electron chi connectivity index (χ4n) is 3.31. The largest absolute Gasteiger partial charge is 0.441 e. The number of fused-ring (bicyclic) bond motifs is 3. The summed E-state index contributed by atoms with van der Waals surface area (Å²) >= 11 is 5.24. The second-order valence-electron chi connectivity index (χ2n) is 6.24. The van der Waals surface area contributed by atoms with Crippen molar-refractivity contribution < 1.29 is 9.15 Å². The molecule has 5 nitrogen and oxygen atoms in total. The van der Waals surface area contributed by atoms with Crippen molar-refractivity contribution in [3.63, 3.8) is 0 Å². The van der Waals surface area contributed by atoms with Crippen LogP contribution in [0.5, 0.6) is 5.75 Å². The Hall–Kier alpha value is -3.12. The highest BCUT2D eigenvalue weighted by molar-refractivity contribution is 7.80. The Morgan fingerprint density at radius 3 is 2.46 bits per heavy atom. The van der Waals surface area contributed by atoms with Gasteiger partial charge in [0.25, 0.3) is 0 Å². The summed E-state index contributed by atoms with van der Waals surface area (Å²) in [5, 5.41) is 0.784. The number of aryl methyl sites for hydroxylation is 1. The molecule has 4 N–H and O–H groups in total. The van der Waals surface area contributed by atoms with Crippen molar-refractivity contribution >= 4 is 28.2 Å². The van der Waals surface area contributed by atoms with E-state index in [9.17, 15) is 4.79 Å². The summed E-state index contributed by atoms with van der Waals surface area (Å²) in [5.74, 6) is 0.300. The molecule has 0 saturated heterocycles. The molecular formula is C20H16N2O3S. The van der Waals surface area contributed by atoms with Crippen molar-refractivity contribution in [2.24, 2.45) is 11.5 Å². The lowest BCUT2D eigenvalue weighted by Crippen LogP contribution is -2.29. The van der Waals surface area contributed by atoms with Gasteiger partial charge in [0.15, 0.2) is 5.88 Å². The molecule has 1 aromatic heterocycles. The van der Waals surface area contributed by atoms with Crippen LogP contribution in [0.15, 0.2) is 69.2 Å². The Labute approximate surface area is 154 Å². The van der Waals surface area contributed by atoms with Crippen LogP contribution in [0.25, 0.3) is 11.0 Å². The Morgan fingerprint density at radius 1 is 1.08 bits per heavy atom. The van der Waals surface area contributed by atoms with Crippen molar-refractivity contribution in [2.45, 2.75) is 12.8 Å². The third kappa shape index (κ3) is 2.55. The first-order chi connectivity index (χ1) is 12.5. The van der Waals surface area contributed by atoms with E-state index in [1.54, 1.807) is 6.07 Å². The molecule has 3 aromatic rings. The molecule has 2 aromatic carbocycles. The fourth-order valence-corrected chi connectivity index (χ4v) is 3.53. The van der Waals surface area contributed by atoms with Crippen LogP contribution in [0.3, 0.4) is 0 Å². The van der Waals surface area contributed by atoms with Gasteiger partial charge in [0.2, 0.25) is 0 Å². The van der Waals surface area contributed by atoms with E-state index < -0.39 is 5.63 Å². The number of hydrogen-bond acceptors (Lipinski definition) is 5. The molecule has 6 heteroatoms. The number of rotatable bonds is 2. The van der Waals surface area contributed by atoms with Crippen LogP contribution in [-0.4, -0.2) is 4.99 Å². The molecule has 4 rings (SSSR count). The van der Waals surface area contributed by atoms with Gasteiger partial charge in [-0.3, -0.25) is 0 Å². The molecule has 130 valence electrons. The van der Waals surface area contributed by atoms with Crippen molar-refractivity contribution in [3.8, 4) is 5.75 Å². The van der Waals surface area contributed by atoms with Crippen LogP contribution in [0, 0.1) is 6.92 Å². The first kappa shape index (κ1) is 16.4. The Bertz CT molecular complexity index is 1130.